The molecule has 0 bridgehead atoms. The molecule has 2 N–H and O–H groups in total. The predicted molar refractivity (Wildman–Crippen MR) is 127 cm³/mol. The van der Waals surface area contributed by atoms with Gasteiger partial charge in [-0.25, -0.2) is 4.39 Å². The van der Waals surface area contributed by atoms with Crippen LogP contribution >= 0.6 is 0 Å². The van der Waals surface area contributed by atoms with E-state index in [4.69, 9.17) is 4.42 Å². The first-order valence-electron chi connectivity index (χ1n) is 11.8. The number of benzene rings is 2. The van der Waals surface area contributed by atoms with Crippen LogP contribution in [-0.4, -0.2) is 65.3 Å². The maximum Gasteiger partial charge on any atom is 0.430 e. The summed E-state index contributed by atoms with van der Waals surface area (Å²) >= 11 is 0. The first kappa shape index (κ1) is 29.1. The number of hydrogen-bond acceptors (Lipinski definition) is 5. The molecule has 4 rings (SSSR count). The van der Waals surface area contributed by atoms with E-state index in [1.807, 2.05) is 4.90 Å². The summed E-state index contributed by atoms with van der Waals surface area (Å²) in [5, 5.41) is 11.9. The fourth-order valence-electron chi connectivity index (χ4n) is 4.23. The molecule has 2 amide bonds. The maximum absolute atomic E-state index is 14.6. The monoisotopic (exact) mass is 573 g/mol. The van der Waals surface area contributed by atoms with Crippen LogP contribution in [0.25, 0.3) is 0 Å². The molecule has 0 saturated carbocycles. The molecule has 0 spiro atoms. The van der Waals surface area contributed by atoms with E-state index in [-0.39, 0.29) is 36.6 Å². The number of alkyl halides is 6. The predicted octanol–water partition coefficient (Wildman–Crippen LogP) is 4.94. The van der Waals surface area contributed by atoms with Crippen molar-refractivity contribution in [1.82, 2.24) is 9.80 Å². The Kier molecular flexibility index (Phi) is 7.94. The van der Waals surface area contributed by atoms with E-state index < -0.39 is 41.1 Å². The van der Waals surface area contributed by atoms with Crippen molar-refractivity contribution in [1.29, 1.82) is 0 Å². The molecular formula is C26H22F7N3O4. The summed E-state index contributed by atoms with van der Waals surface area (Å²) in [4.78, 5) is 28.2. The van der Waals surface area contributed by atoms with Gasteiger partial charge in [0.15, 0.2) is 5.76 Å². The first-order chi connectivity index (χ1) is 18.7. The van der Waals surface area contributed by atoms with Crippen molar-refractivity contribution in [3.05, 3.63) is 89.1 Å². The number of anilines is 1. The van der Waals surface area contributed by atoms with Crippen LogP contribution < -0.4 is 5.32 Å². The van der Waals surface area contributed by atoms with Crippen molar-refractivity contribution >= 4 is 17.5 Å². The lowest BCUT2D eigenvalue weighted by Gasteiger charge is -2.35. The van der Waals surface area contributed by atoms with Crippen LogP contribution in [0.5, 0.6) is 0 Å². The number of hydrogen-bond donors (Lipinski definition) is 2. The van der Waals surface area contributed by atoms with E-state index in [1.165, 1.54) is 35.4 Å². The number of amides is 2. The third-order valence-electron chi connectivity index (χ3n) is 6.47. The summed E-state index contributed by atoms with van der Waals surface area (Å²) in [5.74, 6) is -1.95. The summed E-state index contributed by atoms with van der Waals surface area (Å²) in [6.07, 6.45) is -10.6. The van der Waals surface area contributed by atoms with Gasteiger partial charge in [-0.1, -0.05) is 24.3 Å². The van der Waals surface area contributed by atoms with Gasteiger partial charge in [-0.15, -0.1) is 0 Å². The molecule has 214 valence electrons. The molecule has 0 unspecified atom stereocenters. The van der Waals surface area contributed by atoms with Crippen LogP contribution in [0, 0.1) is 5.82 Å². The summed E-state index contributed by atoms with van der Waals surface area (Å²) in [6, 6.07) is 9.84. The van der Waals surface area contributed by atoms with Gasteiger partial charge < -0.3 is 19.7 Å². The van der Waals surface area contributed by atoms with E-state index in [0.717, 1.165) is 18.2 Å². The third kappa shape index (κ3) is 5.82. The Morgan fingerprint density at radius 1 is 0.900 bits per heavy atom. The van der Waals surface area contributed by atoms with Gasteiger partial charge in [-0.3, -0.25) is 14.5 Å². The van der Waals surface area contributed by atoms with E-state index in [9.17, 15) is 45.4 Å². The Hall–Kier alpha value is -3.91. The molecule has 14 heteroatoms. The second-order valence-corrected chi connectivity index (χ2v) is 9.10. The molecule has 1 fully saturated rings. The molecule has 7 nitrogen and oxygen atoms in total. The molecule has 0 radical (unpaired) electrons. The van der Waals surface area contributed by atoms with Crippen LogP contribution in [0.1, 0.15) is 32.0 Å². The van der Waals surface area contributed by atoms with E-state index in [0.29, 0.717) is 30.8 Å². The Balaban J connectivity index is 1.34. The number of nitrogens with one attached hydrogen (secondary N) is 1. The Labute approximate surface area is 222 Å². The highest BCUT2D eigenvalue weighted by molar-refractivity contribution is 6.02. The standard InChI is InChI=1S/C26H22F7N3O4/c27-19-14-17(5-8-20(19)34-22(37)21-2-1-13-40-21)23(38)36-11-9-35(10-12-36)15-16-3-6-18(7-4-16)24(39,25(28,29)30)26(31,32)33/h1-8,13-14,39H,9-12,15H2,(H,34,37). The van der Waals surface area contributed by atoms with Gasteiger partial charge in [0.25, 0.3) is 17.4 Å². The SMILES string of the molecule is O=C(Nc1ccc(C(=O)N2CCN(Cc3ccc(C(O)(C(F)(F)F)C(F)(F)F)cc3)CC2)cc1F)c1ccco1. The number of aliphatic hydroxyl groups is 1. The number of furan rings is 1. The van der Waals surface area contributed by atoms with Crippen LogP contribution in [-0.2, 0) is 12.1 Å². The molecule has 3 aromatic rings. The lowest BCUT2D eigenvalue weighted by Crippen LogP contribution is -2.53. The van der Waals surface area contributed by atoms with Crippen LogP contribution in [0.2, 0.25) is 0 Å². The fraction of sp³-hybridized carbons (Fsp3) is 0.308. The first-order valence-corrected chi connectivity index (χ1v) is 11.8. The highest BCUT2D eigenvalue weighted by Crippen LogP contribution is 2.50. The number of rotatable bonds is 6. The Morgan fingerprint density at radius 2 is 1.52 bits per heavy atom. The van der Waals surface area contributed by atoms with E-state index in [2.05, 4.69) is 5.32 Å². The minimum atomic E-state index is -5.97. The highest BCUT2D eigenvalue weighted by atomic mass is 19.4. The second-order valence-electron chi connectivity index (χ2n) is 9.10. The minimum Gasteiger partial charge on any atom is -0.459 e. The van der Waals surface area contributed by atoms with Crippen molar-refractivity contribution in [3.8, 4) is 0 Å². The van der Waals surface area contributed by atoms with E-state index >= 15 is 0 Å². The molecule has 2 heterocycles. The smallest absolute Gasteiger partial charge is 0.430 e. The van der Waals surface area contributed by atoms with Crippen molar-refractivity contribution in [2.24, 2.45) is 0 Å². The fourth-order valence-corrected chi connectivity index (χ4v) is 4.23. The maximum atomic E-state index is 14.6. The van der Waals surface area contributed by atoms with Crippen LogP contribution in [0.3, 0.4) is 0 Å². The molecule has 40 heavy (non-hydrogen) atoms. The lowest BCUT2D eigenvalue weighted by atomic mass is 9.91. The average molecular weight is 573 g/mol. The zero-order valence-corrected chi connectivity index (χ0v) is 20.5. The van der Waals surface area contributed by atoms with Gasteiger partial charge >= 0.3 is 12.4 Å². The quantitative estimate of drug-likeness (QED) is 0.408. The van der Waals surface area contributed by atoms with Crippen molar-refractivity contribution < 1.29 is 49.8 Å². The number of carbonyl (C=O) groups is 2. The topological polar surface area (TPSA) is 86.0 Å². The number of nitrogens with zero attached hydrogens (tertiary/aromatic N) is 2. The molecule has 1 aliphatic heterocycles. The summed E-state index contributed by atoms with van der Waals surface area (Å²) in [6.45, 7) is 1.32. The zero-order valence-electron chi connectivity index (χ0n) is 20.5. The van der Waals surface area contributed by atoms with Crippen LogP contribution in [0.4, 0.5) is 36.4 Å². The number of halogens is 7. The zero-order chi connectivity index (χ0) is 29.3. The van der Waals surface area contributed by atoms with Gasteiger partial charge in [0.2, 0.25) is 0 Å². The number of carbonyl (C=O) groups excluding carboxylic acids is 2. The molecule has 0 atom stereocenters. The van der Waals surface area contributed by atoms with E-state index in [1.54, 1.807) is 0 Å². The number of piperazine rings is 1. The van der Waals surface area contributed by atoms with Gasteiger partial charge in [-0.2, -0.15) is 26.3 Å². The normalized spacial score (nSPS) is 15.2. The summed E-state index contributed by atoms with van der Waals surface area (Å²) in [7, 11) is 0. The molecule has 0 aliphatic carbocycles. The molecule has 1 saturated heterocycles. The van der Waals surface area contributed by atoms with Crippen LogP contribution in [0.15, 0.2) is 65.3 Å². The van der Waals surface area contributed by atoms with Gasteiger partial charge in [-0.05, 0) is 35.9 Å². The third-order valence-corrected chi connectivity index (χ3v) is 6.47. The summed E-state index contributed by atoms with van der Waals surface area (Å²) < 4.78 is 98.0. The van der Waals surface area contributed by atoms with Crippen molar-refractivity contribution in [2.75, 3.05) is 31.5 Å². The minimum absolute atomic E-state index is 0.0162. The lowest BCUT2D eigenvalue weighted by molar-refractivity contribution is -0.376. The van der Waals surface area contributed by atoms with Crippen molar-refractivity contribution in [2.45, 2.75) is 24.5 Å². The van der Waals surface area contributed by atoms with Gasteiger partial charge in [0.1, 0.15) is 5.82 Å². The largest absolute Gasteiger partial charge is 0.459 e. The molecule has 1 aliphatic rings. The molecular weight excluding hydrogens is 551 g/mol. The Morgan fingerprint density at radius 3 is 2.05 bits per heavy atom. The second kappa shape index (κ2) is 10.9. The summed E-state index contributed by atoms with van der Waals surface area (Å²) in [5.41, 5.74) is -6.01. The Bertz CT molecular complexity index is 1330. The molecule has 2 aromatic carbocycles. The highest BCUT2D eigenvalue weighted by Gasteiger charge is 2.71. The van der Waals surface area contributed by atoms with Crippen molar-refractivity contribution in [3.63, 3.8) is 0 Å². The van der Waals surface area contributed by atoms with Gasteiger partial charge in [0.05, 0.1) is 12.0 Å². The van der Waals surface area contributed by atoms with Gasteiger partial charge in [0, 0.05) is 43.9 Å². The average Bonchev–Trinajstić information content (AvgIpc) is 3.44. The molecule has 1 aromatic heterocycles.